The van der Waals surface area contributed by atoms with Crippen LogP contribution in [0.2, 0.25) is 0 Å². The van der Waals surface area contributed by atoms with E-state index in [9.17, 15) is 18.4 Å². The molecule has 4 fully saturated rings. The SMILES string of the molecule is O=C1CCC[C@]2(CN(C(=O)C3[C@@H]4CCCC[C@@H]34)C[C@H]2c2ccc(F)c(F)c2)N1. The summed E-state index contributed by atoms with van der Waals surface area (Å²) < 4.78 is 27.4. The third kappa shape index (κ3) is 2.83. The first-order valence-corrected chi connectivity index (χ1v) is 10.5. The molecule has 4 aliphatic rings. The van der Waals surface area contributed by atoms with Gasteiger partial charge in [-0.1, -0.05) is 18.9 Å². The predicted octanol–water partition coefficient (Wildman–Crippen LogP) is 3.37. The number of piperidine rings is 1. The quantitative estimate of drug-likeness (QED) is 0.845. The van der Waals surface area contributed by atoms with Crippen molar-refractivity contribution in [3.8, 4) is 0 Å². The Labute approximate surface area is 163 Å². The molecule has 0 radical (unpaired) electrons. The van der Waals surface area contributed by atoms with Crippen LogP contribution < -0.4 is 5.32 Å². The van der Waals surface area contributed by atoms with Gasteiger partial charge in [0.25, 0.3) is 0 Å². The fraction of sp³-hybridized carbons (Fsp3) is 0.636. The number of halogens is 2. The summed E-state index contributed by atoms with van der Waals surface area (Å²) >= 11 is 0. The van der Waals surface area contributed by atoms with Gasteiger partial charge in [0.2, 0.25) is 11.8 Å². The van der Waals surface area contributed by atoms with Gasteiger partial charge in [-0.05, 0) is 55.2 Å². The van der Waals surface area contributed by atoms with Crippen molar-refractivity contribution in [2.45, 2.75) is 56.4 Å². The zero-order valence-electron chi connectivity index (χ0n) is 15.9. The Balaban J connectivity index is 1.43. The number of hydrogen-bond acceptors (Lipinski definition) is 2. The summed E-state index contributed by atoms with van der Waals surface area (Å²) in [6.07, 6.45) is 6.69. The summed E-state index contributed by atoms with van der Waals surface area (Å²) in [5, 5.41) is 3.13. The molecule has 28 heavy (non-hydrogen) atoms. The van der Waals surface area contributed by atoms with Crippen molar-refractivity contribution in [3.63, 3.8) is 0 Å². The molecule has 6 heteroatoms. The molecular weight excluding hydrogens is 362 g/mol. The van der Waals surface area contributed by atoms with Crippen molar-refractivity contribution >= 4 is 11.8 Å². The average molecular weight is 388 g/mol. The fourth-order valence-corrected chi connectivity index (χ4v) is 6.15. The lowest BCUT2D eigenvalue weighted by atomic mass is 9.76. The predicted molar refractivity (Wildman–Crippen MR) is 99.3 cm³/mol. The van der Waals surface area contributed by atoms with Crippen LogP contribution in [-0.4, -0.2) is 35.3 Å². The maximum atomic E-state index is 13.9. The molecule has 1 N–H and O–H groups in total. The van der Waals surface area contributed by atoms with Gasteiger partial charge in [0.05, 0.1) is 5.54 Å². The molecule has 0 unspecified atom stereocenters. The number of fused-ring (bicyclic) bond motifs is 1. The molecule has 2 saturated heterocycles. The molecule has 1 aromatic rings. The van der Waals surface area contributed by atoms with Crippen molar-refractivity contribution in [2.24, 2.45) is 17.8 Å². The lowest BCUT2D eigenvalue weighted by molar-refractivity contribution is -0.133. The van der Waals surface area contributed by atoms with Crippen LogP contribution in [0.5, 0.6) is 0 Å². The second-order valence-electron chi connectivity index (χ2n) is 9.14. The Morgan fingerprint density at radius 3 is 2.54 bits per heavy atom. The van der Waals surface area contributed by atoms with E-state index in [0.29, 0.717) is 36.9 Å². The molecule has 0 bridgehead atoms. The first-order chi connectivity index (χ1) is 13.5. The molecular formula is C22H26F2N2O2. The summed E-state index contributed by atoms with van der Waals surface area (Å²) in [6.45, 7) is 0.928. The van der Waals surface area contributed by atoms with E-state index in [1.165, 1.54) is 18.9 Å². The Bertz CT molecular complexity index is 817. The number of rotatable bonds is 2. The van der Waals surface area contributed by atoms with Crippen molar-refractivity contribution in [1.82, 2.24) is 10.2 Å². The lowest BCUT2D eigenvalue weighted by Crippen LogP contribution is -2.56. The van der Waals surface area contributed by atoms with E-state index >= 15 is 0 Å². The number of carbonyl (C=O) groups is 2. The lowest BCUT2D eigenvalue weighted by Gasteiger charge is -2.39. The largest absolute Gasteiger partial charge is 0.348 e. The number of amides is 2. The minimum absolute atomic E-state index is 0.0202. The Kier molecular flexibility index (Phi) is 4.21. The zero-order valence-corrected chi connectivity index (χ0v) is 15.9. The van der Waals surface area contributed by atoms with Crippen molar-refractivity contribution in [2.75, 3.05) is 13.1 Å². The van der Waals surface area contributed by atoms with Gasteiger partial charge < -0.3 is 10.2 Å². The van der Waals surface area contributed by atoms with Crippen molar-refractivity contribution in [1.29, 1.82) is 0 Å². The van der Waals surface area contributed by atoms with Crippen LogP contribution in [-0.2, 0) is 9.59 Å². The highest BCUT2D eigenvalue weighted by molar-refractivity contribution is 5.84. The monoisotopic (exact) mass is 388 g/mol. The van der Waals surface area contributed by atoms with E-state index in [1.54, 1.807) is 6.07 Å². The minimum Gasteiger partial charge on any atom is -0.348 e. The smallest absolute Gasteiger partial charge is 0.226 e. The maximum Gasteiger partial charge on any atom is 0.226 e. The summed E-state index contributed by atoms with van der Waals surface area (Å²) in [4.78, 5) is 27.3. The average Bonchev–Trinajstić information content (AvgIpc) is 3.31. The molecule has 150 valence electrons. The normalized spacial score (nSPS) is 36.9. The van der Waals surface area contributed by atoms with Crippen LogP contribution in [0.4, 0.5) is 8.78 Å². The van der Waals surface area contributed by atoms with Crippen LogP contribution in [0.25, 0.3) is 0 Å². The van der Waals surface area contributed by atoms with E-state index in [-0.39, 0.29) is 23.7 Å². The second-order valence-corrected chi connectivity index (χ2v) is 9.14. The summed E-state index contributed by atoms with van der Waals surface area (Å²) in [6, 6.07) is 3.97. The van der Waals surface area contributed by atoms with Crippen LogP contribution in [0, 0.1) is 29.4 Å². The number of nitrogens with zero attached hydrogens (tertiary/aromatic N) is 1. The maximum absolute atomic E-state index is 13.9. The third-order valence-electron chi connectivity index (χ3n) is 7.56. The van der Waals surface area contributed by atoms with Gasteiger partial charge in [-0.3, -0.25) is 9.59 Å². The molecule has 2 amide bonds. The molecule has 2 aliphatic carbocycles. The number of nitrogens with one attached hydrogen (secondary N) is 1. The molecule has 2 saturated carbocycles. The molecule has 5 rings (SSSR count). The van der Waals surface area contributed by atoms with Gasteiger partial charge in [0.1, 0.15) is 0 Å². The topological polar surface area (TPSA) is 49.4 Å². The molecule has 2 heterocycles. The van der Waals surface area contributed by atoms with Gasteiger partial charge in [-0.2, -0.15) is 0 Å². The number of hydrogen-bond donors (Lipinski definition) is 1. The molecule has 0 aromatic heterocycles. The summed E-state index contributed by atoms with van der Waals surface area (Å²) in [7, 11) is 0. The number of likely N-dealkylation sites (tertiary alicyclic amines) is 1. The highest BCUT2D eigenvalue weighted by atomic mass is 19.2. The molecule has 4 nitrogen and oxygen atoms in total. The Morgan fingerprint density at radius 2 is 1.86 bits per heavy atom. The first kappa shape index (κ1) is 18.1. The first-order valence-electron chi connectivity index (χ1n) is 10.5. The van der Waals surface area contributed by atoms with E-state index in [0.717, 1.165) is 31.7 Å². The summed E-state index contributed by atoms with van der Waals surface area (Å²) in [5.41, 5.74) is 0.0830. The zero-order chi connectivity index (χ0) is 19.5. The second kappa shape index (κ2) is 6.53. The van der Waals surface area contributed by atoms with Crippen molar-refractivity contribution in [3.05, 3.63) is 35.4 Å². The Morgan fingerprint density at radius 1 is 1.11 bits per heavy atom. The molecule has 1 aromatic carbocycles. The molecule has 4 atom stereocenters. The van der Waals surface area contributed by atoms with Crippen LogP contribution >= 0.6 is 0 Å². The van der Waals surface area contributed by atoms with E-state index < -0.39 is 17.2 Å². The number of benzene rings is 1. The van der Waals surface area contributed by atoms with Crippen LogP contribution in [0.3, 0.4) is 0 Å². The Hall–Kier alpha value is -1.98. The van der Waals surface area contributed by atoms with Crippen LogP contribution in [0.1, 0.15) is 56.4 Å². The highest BCUT2D eigenvalue weighted by Gasteiger charge is 2.59. The van der Waals surface area contributed by atoms with Gasteiger partial charge in [0, 0.05) is 31.3 Å². The summed E-state index contributed by atoms with van der Waals surface area (Å²) in [5.74, 6) is -0.610. The van der Waals surface area contributed by atoms with Gasteiger partial charge in [0.15, 0.2) is 11.6 Å². The van der Waals surface area contributed by atoms with Gasteiger partial charge >= 0.3 is 0 Å². The van der Waals surface area contributed by atoms with Gasteiger partial charge in [-0.15, -0.1) is 0 Å². The van der Waals surface area contributed by atoms with Gasteiger partial charge in [-0.25, -0.2) is 8.78 Å². The van der Waals surface area contributed by atoms with E-state index in [2.05, 4.69) is 5.32 Å². The van der Waals surface area contributed by atoms with E-state index in [1.807, 2.05) is 4.90 Å². The highest BCUT2D eigenvalue weighted by Crippen LogP contribution is 2.57. The van der Waals surface area contributed by atoms with Crippen LogP contribution in [0.15, 0.2) is 18.2 Å². The third-order valence-corrected chi connectivity index (χ3v) is 7.56. The van der Waals surface area contributed by atoms with E-state index in [4.69, 9.17) is 0 Å². The van der Waals surface area contributed by atoms with Crippen molar-refractivity contribution < 1.29 is 18.4 Å². The fourth-order valence-electron chi connectivity index (χ4n) is 6.15. The standard InChI is InChI=1S/C22H26F2N2O2/c23-17-8-7-13(10-18(17)24)16-11-26(12-22(16)9-3-6-19(27)25-22)21(28)20-14-4-1-2-5-15(14)20/h7-8,10,14-16,20H,1-6,9,11-12H2,(H,25,27)/t14-,15-,16+,22-/m1/s1. The minimum atomic E-state index is -0.882. The number of carbonyl (C=O) groups excluding carboxylic acids is 2. The molecule has 2 aliphatic heterocycles. The molecule has 1 spiro atoms.